The van der Waals surface area contributed by atoms with Gasteiger partial charge in [-0.3, -0.25) is 4.98 Å². The molecule has 4 aromatic rings. The van der Waals surface area contributed by atoms with Crippen LogP contribution in [0.3, 0.4) is 0 Å². The van der Waals surface area contributed by atoms with Crippen LogP contribution in [0.15, 0.2) is 42.7 Å². The summed E-state index contributed by atoms with van der Waals surface area (Å²) in [6, 6.07) is 9.03. The van der Waals surface area contributed by atoms with Gasteiger partial charge in [0.15, 0.2) is 5.82 Å². The largest absolute Gasteiger partial charge is 0.494 e. The van der Waals surface area contributed by atoms with E-state index in [1.165, 1.54) is 11.6 Å². The summed E-state index contributed by atoms with van der Waals surface area (Å²) in [5.74, 6) is 0.431. The summed E-state index contributed by atoms with van der Waals surface area (Å²) in [6.45, 7) is 9.32. The average Bonchev–Trinajstić information content (AvgIpc) is 3.22. The monoisotopic (exact) mass is 474 g/mol. The van der Waals surface area contributed by atoms with E-state index in [0.717, 1.165) is 66.9 Å². The second-order valence-electron chi connectivity index (χ2n) is 9.16. The van der Waals surface area contributed by atoms with Crippen LogP contribution < -0.4 is 4.74 Å². The van der Waals surface area contributed by atoms with Crippen LogP contribution in [0.25, 0.3) is 16.6 Å². The highest BCUT2D eigenvalue weighted by molar-refractivity contribution is 5.86. The van der Waals surface area contributed by atoms with Gasteiger partial charge in [-0.15, -0.1) is 0 Å². The molecule has 1 aliphatic rings. The lowest BCUT2D eigenvalue weighted by atomic mass is 9.92. The molecule has 0 amide bonds. The first-order chi connectivity index (χ1) is 17.0. The van der Waals surface area contributed by atoms with Crippen molar-refractivity contribution < 1.29 is 9.13 Å². The van der Waals surface area contributed by atoms with E-state index < -0.39 is 0 Å². The van der Waals surface area contributed by atoms with Crippen molar-refractivity contribution in [3.05, 3.63) is 71.2 Å². The van der Waals surface area contributed by atoms with E-state index in [1.807, 2.05) is 39.2 Å². The van der Waals surface area contributed by atoms with Crippen molar-refractivity contribution in [1.29, 1.82) is 0 Å². The van der Waals surface area contributed by atoms with Crippen molar-refractivity contribution in [1.82, 2.24) is 29.9 Å². The Kier molecular flexibility index (Phi) is 6.72. The number of fused-ring (bicyclic) bond motifs is 1. The van der Waals surface area contributed by atoms with E-state index in [0.29, 0.717) is 18.0 Å². The first-order valence-corrected chi connectivity index (χ1v) is 12.3. The molecule has 0 bridgehead atoms. The molecular weight excluding hydrogens is 443 g/mol. The molecule has 35 heavy (non-hydrogen) atoms. The van der Waals surface area contributed by atoms with Gasteiger partial charge in [0.1, 0.15) is 17.0 Å². The maximum Gasteiger partial charge on any atom is 0.152 e. The number of rotatable bonds is 7. The fourth-order valence-corrected chi connectivity index (χ4v) is 5.03. The van der Waals surface area contributed by atoms with Crippen LogP contribution in [-0.4, -0.2) is 56.1 Å². The molecule has 0 aliphatic carbocycles. The number of piperidine rings is 1. The second kappa shape index (κ2) is 10.1. The molecule has 0 saturated carbocycles. The van der Waals surface area contributed by atoms with Crippen molar-refractivity contribution in [2.45, 2.75) is 46.0 Å². The van der Waals surface area contributed by atoms with E-state index in [2.05, 4.69) is 26.1 Å². The maximum absolute atomic E-state index is 15.0. The van der Waals surface area contributed by atoms with Crippen LogP contribution in [0.5, 0.6) is 5.75 Å². The number of hydrogen-bond donors (Lipinski definition) is 0. The molecule has 3 aromatic heterocycles. The summed E-state index contributed by atoms with van der Waals surface area (Å²) in [7, 11) is 0. The highest BCUT2D eigenvalue weighted by atomic mass is 19.1. The number of aromatic nitrogens is 5. The van der Waals surface area contributed by atoms with Gasteiger partial charge in [0, 0.05) is 36.3 Å². The van der Waals surface area contributed by atoms with E-state index >= 15 is 0 Å². The Morgan fingerprint density at radius 2 is 1.94 bits per heavy atom. The summed E-state index contributed by atoms with van der Waals surface area (Å²) in [4.78, 5) is 6.71. The number of nitrogens with zero attached hydrogens (tertiary/aromatic N) is 6. The minimum absolute atomic E-state index is 0.285. The minimum atomic E-state index is -0.367. The molecule has 182 valence electrons. The van der Waals surface area contributed by atoms with Crippen LogP contribution in [0.4, 0.5) is 4.39 Å². The lowest BCUT2D eigenvalue weighted by Gasteiger charge is -2.31. The number of ether oxygens (including phenoxy) is 1. The first kappa shape index (κ1) is 23.4. The summed E-state index contributed by atoms with van der Waals surface area (Å²) in [6.07, 6.45) is 6.76. The van der Waals surface area contributed by atoms with Gasteiger partial charge in [-0.25, -0.2) is 9.07 Å². The van der Waals surface area contributed by atoms with Crippen molar-refractivity contribution in [3.63, 3.8) is 0 Å². The van der Waals surface area contributed by atoms with Crippen LogP contribution >= 0.6 is 0 Å². The number of hydrogen-bond acceptors (Lipinski definition) is 6. The third-order valence-corrected chi connectivity index (χ3v) is 6.90. The minimum Gasteiger partial charge on any atom is -0.494 e. The fraction of sp³-hybridized carbons (Fsp3) is 0.407. The van der Waals surface area contributed by atoms with Gasteiger partial charge >= 0.3 is 0 Å². The van der Waals surface area contributed by atoms with Crippen molar-refractivity contribution in [2.75, 3.05) is 26.2 Å². The highest BCUT2D eigenvalue weighted by Gasteiger charge is 2.27. The number of aryl methyl sites for hydroxylation is 2. The summed E-state index contributed by atoms with van der Waals surface area (Å²) < 4.78 is 22.1. The molecule has 1 saturated heterocycles. The number of halogens is 1. The molecule has 0 radical (unpaired) electrons. The van der Waals surface area contributed by atoms with Gasteiger partial charge in [0.2, 0.25) is 0 Å². The second-order valence-corrected chi connectivity index (χ2v) is 9.16. The van der Waals surface area contributed by atoms with Gasteiger partial charge in [-0.05, 0) is 76.9 Å². The zero-order valence-corrected chi connectivity index (χ0v) is 20.5. The Bertz CT molecular complexity index is 1310. The Morgan fingerprint density at radius 3 is 2.66 bits per heavy atom. The van der Waals surface area contributed by atoms with E-state index in [4.69, 9.17) is 9.84 Å². The van der Waals surface area contributed by atoms with Crippen molar-refractivity contribution in [3.8, 4) is 11.4 Å². The SMILES string of the molecule is CCOc1ccc(-n2nc3c(C4CCN(CCc5cccnc5)CC4)nnc(C)c3c2C)c(F)c1. The van der Waals surface area contributed by atoms with E-state index in [-0.39, 0.29) is 11.7 Å². The molecule has 0 atom stereocenters. The molecule has 4 heterocycles. The molecular formula is C27H31FN6O. The predicted octanol–water partition coefficient (Wildman–Crippen LogP) is 4.79. The Morgan fingerprint density at radius 1 is 1.11 bits per heavy atom. The third kappa shape index (κ3) is 4.75. The normalized spacial score (nSPS) is 15.1. The molecule has 0 N–H and O–H groups in total. The third-order valence-electron chi connectivity index (χ3n) is 6.90. The van der Waals surface area contributed by atoms with Gasteiger partial charge in [0.05, 0.1) is 23.7 Å². The number of benzene rings is 1. The topological polar surface area (TPSA) is 69.0 Å². The van der Waals surface area contributed by atoms with E-state index in [1.54, 1.807) is 16.8 Å². The van der Waals surface area contributed by atoms with Crippen molar-refractivity contribution >= 4 is 10.9 Å². The molecule has 7 nitrogen and oxygen atoms in total. The van der Waals surface area contributed by atoms with Crippen LogP contribution in [0.2, 0.25) is 0 Å². The van der Waals surface area contributed by atoms with Crippen LogP contribution in [0, 0.1) is 19.7 Å². The van der Waals surface area contributed by atoms with Crippen LogP contribution in [-0.2, 0) is 6.42 Å². The standard InChI is InChI=1S/C27H31FN6O/c1-4-35-22-7-8-24(23(28)16-22)34-19(3)25-18(2)30-31-26(27(25)32-34)21-10-14-33(15-11-21)13-9-20-6-5-12-29-17-20/h5-8,12,16-17,21H,4,9-11,13-15H2,1-3H3. The smallest absolute Gasteiger partial charge is 0.152 e. The van der Waals surface area contributed by atoms with Gasteiger partial charge in [-0.1, -0.05) is 6.07 Å². The van der Waals surface area contributed by atoms with Crippen molar-refractivity contribution in [2.24, 2.45) is 0 Å². The Balaban J connectivity index is 1.38. The van der Waals surface area contributed by atoms with E-state index in [9.17, 15) is 4.39 Å². The summed E-state index contributed by atoms with van der Waals surface area (Å²) >= 11 is 0. The van der Waals surface area contributed by atoms with Crippen LogP contribution in [0.1, 0.15) is 48.3 Å². The molecule has 0 unspecified atom stereocenters. The molecule has 8 heteroatoms. The first-order valence-electron chi connectivity index (χ1n) is 12.3. The Hall–Kier alpha value is -3.39. The molecule has 1 fully saturated rings. The molecule has 1 aromatic carbocycles. The Labute approximate surface area is 205 Å². The zero-order chi connectivity index (χ0) is 24.4. The fourth-order valence-electron chi connectivity index (χ4n) is 5.03. The summed E-state index contributed by atoms with van der Waals surface area (Å²) in [5, 5.41) is 14.9. The molecule has 0 spiro atoms. The molecule has 5 rings (SSSR count). The predicted molar refractivity (Wildman–Crippen MR) is 134 cm³/mol. The quantitative estimate of drug-likeness (QED) is 0.384. The average molecular weight is 475 g/mol. The summed E-state index contributed by atoms with van der Waals surface area (Å²) in [5.41, 5.74) is 5.10. The maximum atomic E-state index is 15.0. The zero-order valence-electron chi connectivity index (χ0n) is 20.5. The lowest BCUT2D eigenvalue weighted by molar-refractivity contribution is 0.213. The number of pyridine rings is 1. The van der Waals surface area contributed by atoms with Gasteiger partial charge < -0.3 is 9.64 Å². The lowest BCUT2D eigenvalue weighted by Crippen LogP contribution is -2.34. The van der Waals surface area contributed by atoms with Gasteiger partial charge in [0.25, 0.3) is 0 Å². The van der Waals surface area contributed by atoms with Gasteiger partial charge in [-0.2, -0.15) is 15.3 Å². The molecule has 1 aliphatic heterocycles. The highest BCUT2D eigenvalue weighted by Crippen LogP contribution is 2.34. The number of likely N-dealkylation sites (tertiary alicyclic amines) is 1.